The molecule has 0 aliphatic heterocycles. The van der Waals surface area contributed by atoms with Crippen LogP contribution in [0.25, 0.3) is 0 Å². The number of nitriles is 1. The second kappa shape index (κ2) is 4.13. The van der Waals surface area contributed by atoms with E-state index in [1.165, 1.54) is 0 Å². The van der Waals surface area contributed by atoms with Gasteiger partial charge in [-0.15, -0.1) is 0 Å². The van der Waals surface area contributed by atoms with Crippen molar-refractivity contribution in [3.8, 4) is 6.07 Å². The SMILES string of the molecule is Cc1cc(CNC(=O)C(C)(C)C#N)no1. The van der Waals surface area contributed by atoms with Crippen LogP contribution in [0.15, 0.2) is 10.6 Å². The lowest BCUT2D eigenvalue weighted by Gasteiger charge is -2.13. The Morgan fingerprint density at radius 2 is 2.40 bits per heavy atom. The first-order valence-corrected chi connectivity index (χ1v) is 4.57. The number of amides is 1. The monoisotopic (exact) mass is 207 g/mol. The van der Waals surface area contributed by atoms with E-state index in [2.05, 4.69) is 10.5 Å². The Morgan fingerprint density at radius 3 is 2.87 bits per heavy atom. The van der Waals surface area contributed by atoms with Crippen LogP contribution in [0.3, 0.4) is 0 Å². The van der Waals surface area contributed by atoms with Crippen molar-refractivity contribution in [3.05, 3.63) is 17.5 Å². The Balaban J connectivity index is 2.52. The molecule has 0 saturated heterocycles. The van der Waals surface area contributed by atoms with E-state index in [0.29, 0.717) is 11.5 Å². The lowest BCUT2D eigenvalue weighted by molar-refractivity contribution is -0.126. The summed E-state index contributed by atoms with van der Waals surface area (Å²) in [6.45, 7) is 5.19. The molecule has 0 unspecified atom stereocenters. The van der Waals surface area contributed by atoms with E-state index in [0.717, 1.165) is 0 Å². The van der Waals surface area contributed by atoms with E-state index in [1.807, 2.05) is 6.07 Å². The highest BCUT2D eigenvalue weighted by molar-refractivity contribution is 5.84. The summed E-state index contributed by atoms with van der Waals surface area (Å²) in [5.41, 5.74) is -0.367. The van der Waals surface area contributed by atoms with Crippen molar-refractivity contribution in [1.29, 1.82) is 5.26 Å². The fraction of sp³-hybridized carbons (Fsp3) is 0.500. The standard InChI is InChI=1S/C10H13N3O2/c1-7-4-8(13-15-7)5-12-9(14)10(2,3)6-11/h4H,5H2,1-3H3,(H,12,14). The van der Waals surface area contributed by atoms with Gasteiger partial charge in [-0.05, 0) is 20.8 Å². The van der Waals surface area contributed by atoms with Gasteiger partial charge in [-0.3, -0.25) is 4.79 Å². The quantitative estimate of drug-likeness (QED) is 0.806. The molecule has 1 heterocycles. The minimum Gasteiger partial charge on any atom is -0.361 e. The number of aromatic nitrogens is 1. The first-order chi connectivity index (χ1) is 6.95. The van der Waals surface area contributed by atoms with E-state index < -0.39 is 5.41 Å². The summed E-state index contributed by atoms with van der Waals surface area (Å²) in [5.74, 6) is 0.379. The van der Waals surface area contributed by atoms with E-state index in [-0.39, 0.29) is 12.5 Å². The third kappa shape index (κ3) is 2.81. The number of hydrogen-bond acceptors (Lipinski definition) is 4. The Bertz CT molecular complexity index is 401. The van der Waals surface area contributed by atoms with Crippen LogP contribution in [0.4, 0.5) is 0 Å². The van der Waals surface area contributed by atoms with Crippen LogP contribution in [0, 0.1) is 23.7 Å². The normalized spacial score (nSPS) is 10.8. The van der Waals surface area contributed by atoms with Gasteiger partial charge in [0, 0.05) is 6.07 Å². The van der Waals surface area contributed by atoms with E-state index in [4.69, 9.17) is 9.78 Å². The summed E-state index contributed by atoms with van der Waals surface area (Å²) in [6.07, 6.45) is 0. The average Bonchev–Trinajstić information content (AvgIpc) is 2.60. The first-order valence-electron chi connectivity index (χ1n) is 4.57. The van der Waals surface area contributed by atoms with Gasteiger partial charge < -0.3 is 9.84 Å². The van der Waals surface area contributed by atoms with Gasteiger partial charge in [-0.1, -0.05) is 5.16 Å². The van der Waals surface area contributed by atoms with Crippen molar-refractivity contribution in [2.24, 2.45) is 5.41 Å². The van der Waals surface area contributed by atoms with Crippen LogP contribution in [-0.4, -0.2) is 11.1 Å². The van der Waals surface area contributed by atoms with Crippen molar-refractivity contribution >= 4 is 5.91 Å². The van der Waals surface area contributed by atoms with Gasteiger partial charge >= 0.3 is 0 Å². The van der Waals surface area contributed by atoms with Gasteiger partial charge in [-0.2, -0.15) is 5.26 Å². The number of aryl methyl sites for hydroxylation is 1. The predicted octanol–water partition coefficient (Wildman–Crippen LogP) is 1.15. The van der Waals surface area contributed by atoms with E-state index >= 15 is 0 Å². The van der Waals surface area contributed by atoms with Crippen molar-refractivity contribution in [3.63, 3.8) is 0 Å². The van der Waals surface area contributed by atoms with Crippen LogP contribution < -0.4 is 5.32 Å². The highest BCUT2D eigenvalue weighted by atomic mass is 16.5. The number of rotatable bonds is 3. The number of carbonyl (C=O) groups is 1. The summed E-state index contributed by atoms with van der Waals surface area (Å²) in [4.78, 5) is 11.5. The van der Waals surface area contributed by atoms with Crippen LogP contribution in [-0.2, 0) is 11.3 Å². The molecule has 0 aromatic carbocycles. The molecule has 1 aromatic rings. The molecular weight excluding hydrogens is 194 g/mol. The summed E-state index contributed by atoms with van der Waals surface area (Å²) in [7, 11) is 0. The van der Waals surface area contributed by atoms with Gasteiger partial charge in [0.25, 0.3) is 0 Å². The minimum atomic E-state index is -1.02. The van der Waals surface area contributed by atoms with Crippen LogP contribution in [0.1, 0.15) is 25.3 Å². The predicted molar refractivity (Wildman–Crippen MR) is 52.5 cm³/mol. The Morgan fingerprint density at radius 1 is 1.73 bits per heavy atom. The Hall–Kier alpha value is -1.83. The van der Waals surface area contributed by atoms with Crippen LogP contribution in [0.2, 0.25) is 0 Å². The number of nitrogens with zero attached hydrogens (tertiary/aromatic N) is 2. The van der Waals surface area contributed by atoms with Gasteiger partial charge in [0.15, 0.2) is 0 Å². The molecule has 0 saturated carbocycles. The molecule has 0 atom stereocenters. The fourth-order valence-corrected chi connectivity index (χ4v) is 0.944. The zero-order chi connectivity index (χ0) is 11.5. The van der Waals surface area contributed by atoms with Gasteiger partial charge in [0.1, 0.15) is 16.9 Å². The lowest BCUT2D eigenvalue weighted by atomic mass is 9.95. The number of nitrogens with one attached hydrogen (secondary N) is 1. The van der Waals surface area contributed by atoms with Crippen molar-refractivity contribution in [2.75, 3.05) is 0 Å². The zero-order valence-electron chi connectivity index (χ0n) is 9.00. The number of hydrogen-bond donors (Lipinski definition) is 1. The molecule has 5 heteroatoms. The second-order valence-corrected chi connectivity index (χ2v) is 3.85. The molecule has 0 aliphatic rings. The maximum atomic E-state index is 11.5. The van der Waals surface area contributed by atoms with Gasteiger partial charge in [-0.25, -0.2) is 0 Å². The van der Waals surface area contributed by atoms with Crippen LogP contribution >= 0.6 is 0 Å². The van der Waals surface area contributed by atoms with Crippen molar-refractivity contribution < 1.29 is 9.32 Å². The number of carbonyl (C=O) groups excluding carboxylic acids is 1. The van der Waals surface area contributed by atoms with Crippen LogP contribution in [0.5, 0.6) is 0 Å². The zero-order valence-corrected chi connectivity index (χ0v) is 9.00. The van der Waals surface area contributed by atoms with Gasteiger partial charge in [0.2, 0.25) is 5.91 Å². The molecule has 1 N–H and O–H groups in total. The van der Waals surface area contributed by atoms with Crippen molar-refractivity contribution in [1.82, 2.24) is 10.5 Å². The van der Waals surface area contributed by atoms with E-state index in [1.54, 1.807) is 26.8 Å². The lowest BCUT2D eigenvalue weighted by Crippen LogP contribution is -2.35. The molecular formula is C10H13N3O2. The topological polar surface area (TPSA) is 78.9 Å². The molecule has 15 heavy (non-hydrogen) atoms. The molecule has 1 amide bonds. The molecule has 0 radical (unpaired) electrons. The second-order valence-electron chi connectivity index (χ2n) is 3.85. The average molecular weight is 207 g/mol. The molecule has 80 valence electrons. The summed E-state index contributed by atoms with van der Waals surface area (Å²) in [6, 6.07) is 3.66. The largest absolute Gasteiger partial charge is 0.361 e. The highest BCUT2D eigenvalue weighted by Crippen LogP contribution is 2.13. The first kappa shape index (κ1) is 11.2. The molecule has 0 bridgehead atoms. The fourth-order valence-electron chi connectivity index (χ4n) is 0.944. The molecule has 0 aliphatic carbocycles. The summed E-state index contributed by atoms with van der Waals surface area (Å²) >= 11 is 0. The third-order valence-corrected chi connectivity index (χ3v) is 1.95. The third-order valence-electron chi connectivity index (χ3n) is 1.95. The Kier molecular flexibility index (Phi) is 3.10. The summed E-state index contributed by atoms with van der Waals surface area (Å²) < 4.78 is 4.84. The summed E-state index contributed by atoms with van der Waals surface area (Å²) in [5, 5.41) is 15.1. The van der Waals surface area contributed by atoms with Crippen molar-refractivity contribution in [2.45, 2.75) is 27.3 Å². The molecule has 1 rings (SSSR count). The molecule has 1 aromatic heterocycles. The molecule has 0 fully saturated rings. The highest BCUT2D eigenvalue weighted by Gasteiger charge is 2.26. The Labute approximate surface area is 88.1 Å². The van der Waals surface area contributed by atoms with Gasteiger partial charge in [0.05, 0.1) is 12.6 Å². The smallest absolute Gasteiger partial charge is 0.240 e. The molecule has 0 spiro atoms. The maximum Gasteiger partial charge on any atom is 0.240 e. The minimum absolute atomic E-state index is 0.279. The maximum absolute atomic E-state index is 11.5. The van der Waals surface area contributed by atoms with E-state index in [9.17, 15) is 4.79 Å². The molecule has 5 nitrogen and oxygen atoms in total.